The lowest BCUT2D eigenvalue weighted by Crippen LogP contribution is -2.38. The van der Waals surface area contributed by atoms with Crippen LogP contribution in [-0.4, -0.2) is 23.5 Å². The Morgan fingerprint density at radius 1 is 1.40 bits per heavy atom. The van der Waals surface area contributed by atoms with E-state index in [2.05, 4.69) is 21.2 Å². The fourth-order valence-corrected chi connectivity index (χ4v) is 2.00. The zero-order valence-electron chi connectivity index (χ0n) is 11.7. The molecule has 0 saturated carbocycles. The molecule has 0 bridgehead atoms. The van der Waals surface area contributed by atoms with Crippen LogP contribution in [0.15, 0.2) is 28.7 Å². The van der Waals surface area contributed by atoms with Gasteiger partial charge in [-0.3, -0.25) is 9.59 Å². The molecule has 0 unspecified atom stereocenters. The molecule has 1 aromatic carbocycles. The lowest BCUT2D eigenvalue weighted by Gasteiger charge is -2.18. The monoisotopic (exact) mass is 339 g/mol. The van der Waals surface area contributed by atoms with E-state index in [1.165, 1.54) is 6.08 Å². The Morgan fingerprint density at radius 2 is 2.05 bits per heavy atom. The SMILES string of the molecule is Cc1ccc(/C=C/C(=O)NCC(C)(C)C(=O)O)c(Br)c1. The van der Waals surface area contributed by atoms with Crippen molar-refractivity contribution in [1.82, 2.24) is 5.32 Å². The van der Waals surface area contributed by atoms with Gasteiger partial charge < -0.3 is 10.4 Å². The van der Waals surface area contributed by atoms with Crippen LogP contribution in [-0.2, 0) is 9.59 Å². The summed E-state index contributed by atoms with van der Waals surface area (Å²) in [5, 5.41) is 11.5. The first-order valence-corrected chi connectivity index (χ1v) is 6.97. The van der Waals surface area contributed by atoms with E-state index in [1.54, 1.807) is 19.9 Å². The quantitative estimate of drug-likeness (QED) is 0.810. The number of carboxylic acid groups (broad SMARTS) is 1. The number of aliphatic carboxylic acids is 1. The molecule has 0 fully saturated rings. The van der Waals surface area contributed by atoms with Crippen LogP contribution in [0.4, 0.5) is 0 Å². The van der Waals surface area contributed by atoms with Gasteiger partial charge in [0.15, 0.2) is 0 Å². The lowest BCUT2D eigenvalue weighted by molar-refractivity contribution is -0.146. The first-order valence-electron chi connectivity index (χ1n) is 6.18. The summed E-state index contributed by atoms with van der Waals surface area (Å²) >= 11 is 3.43. The highest BCUT2D eigenvalue weighted by molar-refractivity contribution is 9.10. The maximum Gasteiger partial charge on any atom is 0.310 e. The van der Waals surface area contributed by atoms with E-state index in [0.29, 0.717) is 0 Å². The van der Waals surface area contributed by atoms with Crippen LogP contribution in [0.5, 0.6) is 0 Å². The van der Waals surface area contributed by atoms with Crippen LogP contribution < -0.4 is 5.32 Å². The lowest BCUT2D eigenvalue weighted by atomic mass is 9.94. The number of benzene rings is 1. The molecular weight excluding hydrogens is 322 g/mol. The number of hydrogen-bond acceptors (Lipinski definition) is 2. The summed E-state index contributed by atoms with van der Waals surface area (Å²) in [5.41, 5.74) is 1.04. The van der Waals surface area contributed by atoms with Gasteiger partial charge in [-0.15, -0.1) is 0 Å². The van der Waals surface area contributed by atoms with Crippen molar-refractivity contribution in [3.8, 4) is 0 Å². The zero-order chi connectivity index (χ0) is 15.3. The molecule has 4 nitrogen and oxygen atoms in total. The minimum absolute atomic E-state index is 0.0839. The first-order chi connectivity index (χ1) is 9.22. The number of carbonyl (C=O) groups is 2. The number of amides is 1. The number of halogens is 1. The average molecular weight is 340 g/mol. The van der Waals surface area contributed by atoms with E-state index in [-0.39, 0.29) is 12.5 Å². The first kappa shape index (κ1) is 16.4. The molecule has 2 N–H and O–H groups in total. The van der Waals surface area contributed by atoms with Gasteiger partial charge in [-0.05, 0) is 44.0 Å². The van der Waals surface area contributed by atoms with Gasteiger partial charge in [-0.25, -0.2) is 0 Å². The van der Waals surface area contributed by atoms with Crippen LogP contribution in [0, 0.1) is 12.3 Å². The van der Waals surface area contributed by atoms with E-state index in [1.807, 2.05) is 25.1 Å². The molecule has 5 heteroatoms. The normalized spacial score (nSPS) is 11.6. The van der Waals surface area contributed by atoms with Gasteiger partial charge >= 0.3 is 5.97 Å². The molecule has 0 aliphatic carbocycles. The van der Waals surface area contributed by atoms with Crippen LogP contribution in [0.1, 0.15) is 25.0 Å². The summed E-state index contributed by atoms with van der Waals surface area (Å²) in [6.07, 6.45) is 3.08. The van der Waals surface area contributed by atoms with Crippen molar-refractivity contribution < 1.29 is 14.7 Å². The van der Waals surface area contributed by atoms with Crippen molar-refractivity contribution in [2.24, 2.45) is 5.41 Å². The highest BCUT2D eigenvalue weighted by Crippen LogP contribution is 2.19. The molecule has 108 valence electrons. The number of aryl methyl sites for hydroxylation is 1. The predicted octanol–water partition coefficient (Wildman–Crippen LogP) is 3.00. The Balaban J connectivity index is 2.62. The van der Waals surface area contributed by atoms with Gasteiger partial charge in [-0.2, -0.15) is 0 Å². The summed E-state index contributed by atoms with van der Waals surface area (Å²) in [5.74, 6) is -1.25. The Hall–Kier alpha value is -1.62. The molecule has 0 saturated heterocycles. The molecule has 20 heavy (non-hydrogen) atoms. The molecule has 1 amide bonds. The van der Waals surface area contributed by atoms with Gasteiger partial charge in [-0.1, -0.05) is 28.1 Å². The second-order valence-corrected chi connectivity index (χ2v) is 6.12. The number of hydrogen-bond donors (Lipinski definition) is 2. The number of carbonyl (C=O) groups excluding carboxylic acids is 1. The maximum atomic E-state index is 11.7. The number of carboxylic acids is 1. The smallest absolute Gasteiger partial charge is 0.310 e. The van der Waals surface area contributed by atoms with Gasteiger partial charge in [0.1, 0.15) is 0 Å². The summed E-state index contributed by atoms with van der Waals surface area (Å²) in [6.45, 7) is 5.20. The van der Waals surface area contributed by atoms with Gasteiger partial charge in [0.25, 0.3) is 0 Å². The van der Waals surface area contributed by atoms with Crippen LogP contribution in [0.25, 0.3) is 6.08 Å². The Kier molecular flexibility index (Phi) is 5.51. The number of rotatable bonds is 5. The molecule has 0 aliphatic rings. The van der Waals surface area contributed by atoms with E-state index < -0.39 is 11.4 Å². The molecule has 1 rings (SSSR count). The molecule has 0 spiro atoms. The predicted molar refractivity (Wildman–Crippen MR) is 82.3 cm³/mol. The molecule has 0 radical (unpaired) electrons. The highest BCUT2D eigenvalue weighted by Gasteiger charge is 2.27. The highest BCUT2D eigenvalue weighted by atomic mass is 79.9. The van der Waals surface area contributed by atoms with E-state index in [4.69, 9.17) is 5.11 Å². The topological polar surface area (TPSA) is 66.4 Å². The Labute approximate surface area is 127 Å². The fraction of sp³-hybridized carbons (Fsp3) is 0.333. The minimum atomic E-state index is -0.978. The minimum Gasteiger partial charge on any atom is -0.481 e. The third kappa shape index (κ3) is 4.81. The second-order valence-electron chi connectivity index (χ2n) is 5.27. The molecule has 0 aliphatic heterocycles. The Bertz CT molecular complexity index is 550. The largest absolute Gasteiger partial charge is 0.481 e. The van der Waals surface area contributed by atoms with E-state index in [0.717, 1.165) is 15.6 Å². The maximum absolute atomic E-state index is 11.7. The van der Waals surface area contributed by atoms with Crippen molar-refractivity contribution in [3.63, 3.8) is 0 Å². The van der Waals surface area contributed by atoms with Gasteiger partial charge in [0.2, 0.25) is 5.91 Å². The summed E-state index contributed by atoms with van der Waals surface area (Å²) in [7, 11) is 0. The van der Waals surface area contributed by atoms with Gasteiger partial charge in [0, 0.05) is 17.1 Å². The second kappa shape index (κ2) is 6.70. The number of nitrogens with one attached hydrogen (secondary N) is 1. The molecule has 0 aromatic heterocycles. The molecule has 0 heterocycles. The van der Waals surface area contributed by atoms with Crippen LogP contribution in [0.3, 0.4) is 0 Å². The van der Waals surface area contributed by atoms with Gasteiger partial charge in [0.05, 0.1) is 5.41 Å². The zero-order valence-corrected chi connectivity index (χ0v) is 13.3. The molecule has 0 atom stereocenters. The summed E-state index contributed by atoms with van der Waals surface area (Å²) < 4.78 is 0.910. The van der Waals surface area contributed by atoms with Crippen molar-refractivity contribution >= 4 is 33.9 Å². The third-order valence-electron chi connectivity index (χ3n) is 2.85. The van der Waals surface area contributed by atoms with E-state index >= 15 is 0 Å². The molecular formula is C15H18BrNO3. The van der Waals surface area contributed by atoms with Crippen molar-refractivity contribution in [2.45, 2.75) is 20.8 Å². The van der Waals surface area contributed by atoms with Crippen LogP contribution in [0.2, 0.25) is 0 Å². The third-order valence-corrected chi connectivity index (χ3v) is 3.54. The summed E-state index contributed by atoms with van der Waals surface area (Å²) in [6, 6.07) is 5.82. The standard InChI is InChI=1S/C15H18BrNO3/c1-10-4-5-11(12(16)8-10)6-7-13(18)17-9-15(2,3)14(19)20/h4-8H,9H2,1-3H3,(H,17,18)(H,19,20)/b7-6+. The fourth-order valence-electron chi connectivity index (χ4n) is 1.38. The van der Waals surface area contributed by atoms with Crippen LogP contribution >= 0.6 is 15.9 Å². The summed E-state index contributed by atoms with van der Waals surface area (Å²) in [4.78, 5) is 22.6. The molecule has 1 aromatic rings. The Morgan fingerprint density at radius 3 is 2.60 bits per heavy atom. The van der Waals surface area contributed by atoms with Crippen molar-refractivity contribution in [1.29, 1.82) is 0 Å². The van der Waals surface area contributed by atoms with Crippen molar-refractivity contribution in [2.75, 3.05) is 6.54 Å². The van der Waals surface area contributed by atoms with Crippen molar-refractivity contribution in [3.05, 3.63) is 39.9 Å². The average Bonchev–Trinajstić information content (AvgIpc) is 2.35. The van der Waals surface area contributed by atoms with E-state index in [9.17, 15) is 9.59 Å².